The Hall–Kier alpha value is -3.08. The van der Waals surface area contributed by atoms with Crippen LogP contribution in [0.5, 0.6) is 0 Å². The molecule has 1 aliphatic heterocycles. The molecule has 10 heteroatoms. The number of aromatic nitrogens is 2. The van der Waals surface area contributed by atoms with Gasteiger partial charge in [-0.2, -0.15) is 4.31 Å². The summed E-state index contributed by atoms with van der Waals surface area (Å²) in [7, 11) is -3.74. The molecular weight excluding hydrogens is 435 g/mol. The zero-order valence-electron chi connectivity index (χ0n) is 17.7. The Bertz CT molecular complexity index is 1270. The summed E-state index contributed by atoms with van der Waals surface area (Å²) in [6.07, 6.45) is 3.22. The van der Waals surface area contributed by atoms with Crippen molar-refractivity contribution in [3.8, 4) is 5.69 Å². The van der Waals surface area contributed by atoms with Gasteiger partial charge in [-0.25, -0.2) is 17.8 Å². The standard InChI is InChI=1S/C22H23FN4O4S/c1-15-3-5-18(32(29,30)26-9-11-31-12-10-26)14-19(15)22(28)25-17-4-6-21(20(23)13-17)27-8-7-24-16(27)2/h3-8,13-14H,9-12H2,1-2H3,(H,25,28). The van der Waals surface area contributed by atoms with Crippen molar-refractivity contribution in [1.29, 1.82) is 0 Å². The number of imidazole rings is 1. The second-order valence-electron chi connectivity index (χ2n) is 7.46. The number of hydrogen-bond donors (Lipinski definition) is 1. The third kappa shape index (κ3) is 4.29. The molecule has 1 aliphatic rings. The molecule has 0 spiro atoms. The lowest BCUT2D eigenvalue weighted by Gasteiger charge is -2.26. The van der Waals surface area contributed by atoms with Crippen LogP contribution in [-0.4, -0.2) is 54.5 Å². The molecule has 2 aromatic carbocycles. The first kappa shape index (κ1) is 22.1. The van der Waals surface area contributed by atoms with Gasteiger partial charge in [0.1, 0.15) is 11.6 Å². The molecule has 1 saturated heterocycles. The topological polar surface area (TPSA) is 93.5 Å². The minimum Gasteiger partial charge on any atom is -0.379 e. The van der Waals surface area contributed by atoms with Gasteiger partial charge in [0.2, 0.25) is 10.0 Å². The van der Waals surface area contributed by atoms with Crippen molar-refractivity contribution >= 4 is 21.6 Å². The molecule has 1 N–H and O–H groups in total. The maximum atomic E-state index is 14.7. The molecule has 1 aromatic heterocycles. The Labute approximate surface area is 185 Å². The highest BCUT2D eigenvalue weighted by Gasteiger charge is 2.27. The van der Waals surface area contributed by atoms with Crippen LogP contribution in [-0.2, 0) is 14.8 Å². The molecule has 168 valence electrons. The summed E-state index contributed by atoms with van der Waals surface area (Å²) in [5.41, 5.74) is 1.38. The van der Waals surface area contributed by atoms with E-state index in [2.05, 4.69) is 10.3 Å². The van der Waals surface area contributed by atoms with Gasteiger partial charge in [-0.1, -0.05) is 6.07 Å². The summed E-state index contributed by atoms with van der Waals surface area (Å²) in [6, 6.07) is 8.78. The number of ether oxygens (including phenoxy) is 1. The molecule has 8 nitrogen and oxygen atoms in total. The van der Waals surface area contributed by atoms with E-state index in [0.717, 1.165) is 0 Å². The van der Waals surface area contributed by atoms with Gasteiger partial charge in [0.05, 0.1) is 23.8 Å². The van der Waals surface area contributed by atoms with Crippen molar-refractivity contribution in [2.75, 3.05) is 31.6 Å². The number of carbonyl (C=O) groups excluding carboxylic acids is 1. The summed E-state index contributed by atoms with van der Waals surface area (Å²) in [5.74, 6) is -0.411. The quantitative estimate of drug-likeness (QED) is 0.635. The van der Waals surface area contributed by atoms with E-state index in [9.17, 15) is 17.6 Å². The van der Waals surface area contributed by atoms with E-state index in [1.807, 2.05) is 0 Å². The van der Waals surface area contributed by atoms with Crippen LogP contribution in [0, 0.1) is 19.7 Å². The molecule has 0 saturated carbocycles. The molecule has 0 bridgehead atoms. The monoisotopic (exact) mass is 458 g/mol. The molecule has 0 aliphatic carbocycles. The summed E-state index contributed by atoms with van der Waals surface area (Å²) >= 11 is 0. The SMILES string of the molecule is Cc1ccc(S(=O)(=O)N2CCOCC2)cc1C(=O)Nc1ccc(-n2ccnc2C)c(F)c1. The number of nitrogens with zero attached hydrogens (tertiary/aromatic N) is 3. The van der Waals surface area contributed by atoms with Crippen LogP contribution in [0.25, 0.3) is 5.69 Å². The van der Waals surface area contributed by atoms with E-state index in [1.54, 1.807) is 49.0 Å². The highest BCUT2D eigenvalue weighted by Crippen LogP contribution is 2.23. The average Bonchev–Trinajstić information content (AvgIpc) is 3.20. The van der Waals surface area contributed by atoms with Crippen LogP contribution in [0.4, 0.5) is 10.1 Å². The Balaban J connectivity index is 1.58. The Kier molecular flexibility index (Phi) is 6.09. The summed E-state index contributed by atoms with van der Waals surface area (Å²) in [4.78, 5) is 17.0. The second-order valence-corrected chi connectivity index (χ2v) is 9.40. The lowest BCUT2D eigenvalue weighted by Crippen LogP contribution is -2.40. The van der Waals surface area contributed by atoms with Crippen LogP contribution < -0.4 is 5.32 Å². The summed E-state index contributed by atoms with van der Waals surface area (Å²) < 4.78 is 48.7. The molecule has 0 unspecified atom stereocenters. The maximum absolute atomic E-state index is 14.7. The molecule has 0 atom stereocenters. The zero-order chi connectivity index (χ0) is 22.9. The van der Waals surface area contributed by atoms with E-state index < -0.39 is 21.7 Å². The summed E-state index contributed by atoms with van der Waals surface area (Å²) in [5, 5.41) is 2.65. The number of amides is 1. The van der Waals surface area contributed by atoms with Crippen molar-refractivity contribution < 1.29 is 22.3 Å². The zero-order valence-corrected chi connectivity index (χ0v) is 18.5. The van der Waals surface area contributed by atoms with E-state index >= 15 is 0 Å². The minimum absolute atomic E-state index is 0.0345. The highest BCUT2D eigenvalue weighted by molar-refractivity contribution is 7.89. The lowest BCUT2D eigenvalue weighted by atomic mass is 10.1. The predicted molar refractivity (Wildman–Crippen MR) is 117 cm³/mol. The van der Waals surface area contributed by atoms with E-state index in [1.165, 1.54) is 22.5 Å². The second kappa shape index (κ2) is 8.81. The number of rotatable bonds is 5. The van der Waals surface area contributed by atoms with Gasteiger partial charge in [-0.15, -0.1) is 0 Å². The smallest absolute Gasteiger partial charge is 0.255 e. The molecule has 32 heavy (non-hydrogen) atoms. The van der Waals surface area contributed by atoms with Gasteiger partial charge in [0.25, 0.3) is 5.91 Å². The number of aryl methyl sites for hydroxylation is 2. The van der Waals surface area contributed by atoms with E-state index in [4.69, 9.17) is 4.74 Å². The first-order valence-corrected chi connectivity index (χ1v) is 11.5. The van der Waals surface area contributed by atoms with Gasteiger partial charge in [0.15, 0.2) is 0 Å². The minimum atomic E-state index is -3.74. The van der Waals surface area contributed by atoms with Gasteiger partial charge < -0.3 is 14.6 Å². The van der Waals surface area contributed by atoms with Crippen molar-refractivity contribution in [3.63, 3.8) is 0 Å². The van der Waals surface area contributed by atoms with Crippen LogP contribution in [0.3, 0.4) is 0 Å². The molecular formula is C22H23FN4O4S. The molecule has 1 amide bonds. The van der Waals surface area contributed by atoms with Crippen molar-refractivity contribution in [2.45, 2.75) is 18.7 Å². The number of carbonyl (C=O) groups is 1. The van der Waals surface area contributed by atoms with Crippen LogP contribution in [0.15, 0.2) is 53.7 Å². The predicted octanol–water partition coefficient (Wildman–Crippen LogP) is 2.90. The third-order valence-corrected chi connectivity index (χ3v) is 7.25. The molecule has 4 rings (SSSR count). The van der Waals surface area contributed by atoms with E-state index in [0.29, 0.717) is 30.3 Å². The van der Waals surface area contributed by atoms with Gasteiger partial charge in [-0.3, -0.25) is 4.79 Å². The molecule has 3 aromatic rings. The van der Waals surface area contributed by atoms with Crippen LogP contribution in [0.1, 0.15) is 21.7 Å². The largest absolute Gasteiger partial charge is 0.379 e. The van der Waals surface area contributed by atoms with Gasteiger partial charge in [-0.05, 0) is 49.7 Å². The molecule has 0 radical (unpaired) electrons. The fraction of sp³-hybridized carbons (Fsp3) is 0.273. The number of morpholine rings is 1. The fourth-order valence-corrected chi connectivity index (χ4v) is 4.99. The molecule has 2 heterocycles. The van der Waals surface area contributed by atoms with Crippen LogP contribution in [0.2, 0.25) is 0 Å². The fourth-order valence-electron chi connectivity index (χ4n) is 3.55. The first-order chi connectivity index (χ1) is 15.3. The first-order valence-electron chi connectivity index (χ1n) is 10.1. The lowest BCUT2D eigenvalue weighted by molar-refractivity contribution is 0.0730. The average molecular weight is 459 g/mol. The Morgan fingerprint density at radius 2 is 1.88 bits per heavy atom. The Morgan fingerprint density at radius 1 is 1.12 bits per heavy atom. The van der Waals surface area contributed by atoms with E-state index in [-0.39, 0.29) is 29.2 Å². The Morgan fingerprint density at radius 3 is 2.53 bits per heavy atom. The number of hydrogen-bond acceptors (Lipinski definition) is 5. The van der Waals surface area contributed by atoms with Crippen molar-refractivity contribution in [3.05, 3.63) is 71.6 Å². The summed E-state index contributed by atoms with van der Waals surface area (Å²) in [6.45, 7) is 4.66. The number of nitrogens with one attached hydrogen (secondary N) is 1. The maximum Gasteiger partial charge on any atom is 0.255 e. The van der Waals surface area contributed by atoms with Gasteiger partial charge in [0, 0.05) is 36.7 Å². The number of benzene rings is 2. The normalized spacial score (nSPS) is 15.0. The number of halogens is 1. The van der Waals surface area contributed by atoms with Crippen molar-refractivity contribution in [2.24, 2.45) is 0 Å². The highest BCUT2D eigenvalue weighted by atomic mass is 32.2. The molecule has 1 fully saturated rings. The third-order valence-electron chi connectivity index (χ3n) is 5.35. The van der Waals surface area contributed by atoms with Crippen molar-refractivity contribution in [1.82, 2.24) is 13.9 Å². The van der Waals surface area contributed by atoms with Gasteiger partial charge >= 0.3 is 0 Å². The number of sulfonamides is 1. The number of anilines is 1. The van der Waals surface area contributed by atoms with Crippen LogP contribution >= 0.6 is 0 Å².